The summed E-state index contributed by atoms with van der Waals surface area (Å²) in [5.74, 6) is -2.55. The van der Waals surface area contributed by atoms with Gasteiger partial charge in [0.25, 0.3) is 0 Å². The first-order chi connectivity index (χ1) is 11.0. The van der Waals surface area contributed by atoms with Gasteiger partial charge in [0.05, 0.1) is 0 Å². The summed E-state index contributed by atoms with van der Waals surface area (Å²) >= 11 is 5.72. The molecular weight excluding hydrogens is 320 g/mol. The molecule has 0 aliphatic heterocycles. The standard InChI is InChI=1S/C17H11ClO5/c18-12-7-5-11(6-8-12)14(19)9-10-16(20)23-15-4-2-1-3-13(15)17(21)22/h1-10H,(H,21,22). The van der Waals surface area contributed by atoms with Crippen molar-refractivity contribution in [1.82, 2.24) is 0 Å². The molecule has 2 aromatic carbocycles. The number of carbonyl (C=O) groups excluding carboxylic acids is 2. The van der Waals surface area contributed by atoms with Gasteiger partial charge >= 0.3 is 11.9 Å². The number of halogens is 1. The van der Waals surface area contributed by atoms with Gasteiger partial charge in [-0.15, -0.1) is 0 Å². The Morgan fingerprint density at radius 3 is 2.26 bits per heavy atom. The summed E-state index contributed by atoms with van der Waals surface area (Å²) < 4.78 is 4.93. The molecule has 0 heterocycles. The van der Waals surface area contributed by atoms with Crippen molar-refractivity contribution >= 4 is 29.3 Å². The number of ketones is 1. The van der Waals surface area contributed by atoms with E-state index in [2.05, 4.69) is 0 Å². The molecule has 0 amide bonds. The maximum atomic E-state index is 11.9. The SMILES string of the molecule is O=C(C=CC(=O)c1ccc(Cl)cc1)Oc1ccccc1C(=O)O. The number of carbonyl (C=O) groups is 3. The molecule has 1 N–H and O–H groups in total. The molecule has 0 aliphatic carbocycles. The molecule has 5 nitrogen and oxygen atoms in total. The molecule has 0 aromatic heterocycles. The monoisotopic (exact) mass is 330 g/mol. The maximum absolute atomic E-state index is 11.9. The van der Waals surface area contributed by atoms with Crippen LogP contribution in [0.1, 0.15) is 20.7 Å². The van der Waals surface area contributed by atoms with E-state index in [1.807, 2.05) is 0 Å². The van der Waals surface area contributed by atoms with E-state index in [4.69, 9.17) is 21.4 Å². The van der Waals surface area contributed by atoms with Crippen LogP contribution in [0.15, 0.2) is 60.7 Å². The summed E-state index contributed by atoms with van der Waals surface area (Å²) in [6, 6.07) is 11.9. The minimum absolute atomic E-state index is 0.0893. The number of hydrogen-bond donors (Lipinski definition) is 1. The van der Waals surface area contributed by atoms with Gasteiger partial charge in [0.15, 0.2) is 5.78 Å². The minimum atomic E-state index is -1.21. The molecule has 116 valence electrons. The van der Waals surface area contributed by atoms with Crippen molar-refractivity contribution in [1.29, 1.82) is 0 Å². The van der Waals surface area contributed by atoms with Crippen molar-refractivity contribution in [2.24, 2.45) is 0 Å². The van der Waals surface area contributed by atoms with Crippen LogP contribution in [0.5, 0.6) is 5.75 Å². The maximum Gasteiger partial charge on any atom is 0.339 e. The van der Waals surface area contributed by atoms with Gasteiger partial charge in [-0.3, -0.25) is 4.79 Å². The molecule has 2 aromatic rings. The van der Waals surface area contributed by atoms with Crippen LogP contribution in [-0.2, 0) is 4.79 Å². The molecule has 0 saturated heterocycles. The number of hydrogen-bond acceptors (Lipinski definition) is 4. The molecule has 0 bridgehead atoms. The number of para-hydroxylation sites is 1. The summed E-state index contributed by atoms with van der Waals surface area (Å²) in [6.45, 7) is 0. The Labute approximate surface area is 136 Å². The normalized spacial score (nSPS) is 10.5. The van der Waals surface area contributed by atoms with Crippen molar-refractivity contribution in [3.8, 4) is 5.75 Å². The topological polar surface area (TPSA) is 80.7 Å². The van der Waals surface area contributed by atoms with Gasteiger partial charge < -0.3 is 9.84 Å². The van der Waals surface area contributed by atoms with E-state index >= 15 is 0 Å². The van der Waals surface area contributed by atoms with Gasteiger partial charge in [0, 0.05) is 16.7 Å². The fraction of sp³-hybridized carbons (Fsp3) is 0. The van der Waals surface area contributed by atoms with Crippen LogP contribution >= 0.6 is 11.6 Å². The van der Waals surface area contributed by atoms with Gasteiger partial charge in [-0.2, -0.15) is 0 Å². The number of carboxylic acids is 1. The number of ether oxygens (including phenoxy) is 1. The molecule has 0 aliphatic rings. The van der Waals surface area contributed by atoms with Crippen LogP contribution in [0.25, 0.3) is 0 Å². The average molecular weight is 331 g/mol. The lowest BCUT2D eigenvalue weighted by Gasteiger charge is -2.04. The zero-order valence-corrected chi connectivity index (χ0v) is 12.5. The third kappa shape index (κ3) is 4.52. The van der Waals surface area contributed by atoms with E-state index in [-0.39, 0.29) is 11.3 Å². The van der Waals surface area contributed by atoms with Crippen molar-refractivity contribution < 1.29 is 24.2 Å². The Hall–Kier alpha value is -2.92. The molecule has 0 radical (unpaired) electrons. The highest BCUT2D eigenvalue weighted by atomic mass is 35.5. The number of aromatic carboxylic acids is 1. The molecule has 0 fully saturated rings. The van der Waals surface area contributed by atoms with Crippen molar-refractivity contribution in [2.75, 3.05) is 0 Å². The van der Waals surface area contributed by atoms with Gasteiger partial charge in [-0.25, -0.2) is 9.59 Å². The van der Waals surface area contributed by atoms with Crippen molar-refractivity contribution in [3.63, 3.8) is 0 Å². The average Bonchev–Trinajstić information content (AvgIpc) is 2.53. The number of benzene rings is 2. The summed E-state index contributed by atoms with van der Waals surface area (Å²) in [7, 11) is 0. The lowest BCUT2D eigenvalue weighted by Crippen LogP contribution is -2.09. The summed E-state index contributed by atoms with van der Waals surface area (Å²) in [5.41, 5.74) is 0.225. The Bertz CT molecular complexity index is 778. The highest BCUT2D eigenvalue weighted by Gasteiger charge is 2.12. The first-order valence-corrected chi connectivity index (χ1v) is 6.87. The summed E-state index contributed by atoms with van der Waals surface area (Å²) in [6.07, 6.45) is 1.99. The number of carboxylic acid groups (broad SMARTS) is 1. The Kier molecular flexibility index (Phi) is 5.28. The van der Waals surface area contributed by atoms with Crippen LogP contribution < -0.4 is 4.74 Å². The lowest BCUT2D eigenvalue weighted by molar-refractivity contribution is -0.129. The second kappa shape index (κ2) is 7.38. The predicted molar refractivity (Wildman–Crippen MR) is 84.0 cm³/mol. The largest absolute Gasteiger partial charge is 0.478 e. The number of rotatable bonds is 5. The Balaban J connectivity index is 2.06. The molecule has 0 saturated carbocycles. The molecule has 6 heteroatoms. The fourth-order valence-corrected chi connectivity index (χ4v) is 1.85. The van der Waals surface area contributed by atoms with E-state index in [1.165, 1.54) is 36.4 Å². The lowest BCUT2D eigenvalue weighted by atomic mass is 10.1. The van der Waals surface area contributed by atoms with Crippen LogP contribution in [0.4, 0.5) is 0 Å². The first-order valence-electron chi connectivity index (χ1n) is 6.49. The minimum Gasteiger partial charge on any atom is -0.478 e. The van der Waals surface area contributed by atoms with E-state index in [9.17, 15) is 14.4 Å². The van der Waals surface area contributed by atoms with Crippen molar-refractivity contribution in [3.05, 3.63) is 76.8 Å². The zero-order chi connectivity index (χ0) is 16.8. The van der Waals surface area contributed by atoms with Crippen LogP contribution in [0.3, 0.4) is 0 Å². The van der Waals surface area contributed by atoms with Crippen LogP contribution in [0, 0.1) is 0 Å². The van der Waals surface area contributed by atoms with E-state index in [0.29, 0.717) is 10.6 Å². The number of esters is 1. The molecule has 0 unspecified atom stereocenters. The van der Waals surface area contributed by atoms with Gasteiger partial charge in [-0.1, -0.05) is 23.7 Å². The van der Waals surface area contributed by atoms with Gasteiger partial charge in [-0.05, 0) is 42.5 Å². The molecule has 23 heavy (non-hydrogen) atoms. The first kappa shape index (κ1) is 16.5. The second-order valence-corrected chi connectivity index (χ2v) is 4.86. The highest BCUT2D eigenvalue weighted by Crippen LogP contribution is 2.18. The predicted octanol–water partition coefficient (Wildman–Crippen LogP) is 3.38. The Morgan fingerprint density at radius 2 is 1.61 bits per heavy atom. The third-order valence-electron chi connectivity index (χ3n) is 2.83. The van der Waals surface area contributed by atoms with Gasteiger partial charge in [0.1, 0.15) is 11.3 Å². The number of allylic oxidation sites excluding steroid dienone is 1. The third-order valence-corrected chi connectivity index (χ3v) is 3.08. The molecule has 2 rings (SSSR count). The zero-order valence-electron chi connectivity index (χ0n) is 11.7. The Morgan fingerprint density at radius 1 is 0.957 bits per heavy atom. The highest BCUT2D eigenvalue weighted by molar-refractivity contribution is 6.30. The van der Waals surface area contributed by atoms with E-state index < -0.39 is 17.7 Å². The van der Waals surface area contributed by atoms with Crippen LogP contribution in [-0.4, -0.2) is 22.8 Å². The summed E-state index contributed by atoms with van der Waals surface area (Å²) in [4.78, 5) is 34.6. The fourth-order valence-electron chi connectivity index (χ4n) is 1.73. The quantitative estimate of drug-likeness (QED) is 0.393. The molecule has 0 atom stereocenters. The summed E-state index contributed by atoms with van der Waals surface area (Å²) in [5, 5.41) is 9.49. The second-order valence-electron chi connectivity index (χ2n) is 4.43. The smallest absolute Gasteiger partial charge is 0.339 e. The van der Waals surface area contributed by atoms with Gasteiger partial charge in [0.2, 0.25) is 0 Å². The van der Waals surface area contributed by atoms with E-state index in [1.54, 1.807) is 12.1 Å². The molecule has 0 spiro atoms. The van der Waals surface area contributed by atoms with E-state index in [0.717, 1.165) is 12.2 Å². The van der Waals surface area contributed by atoms with Crippen molar-refractivity contribution in [2.45, 2.75) is 0 Å². The van der Waals surface area contributed by atoms with Crippen LogP contribution in [0.2, 0.25) is 5.02 Å². The molecular formula is C17H11ClO5.